The van der Waals surface area contributed by atoms with E-state index in [1.165, 1.54) is 6.92 Å². The average Bonchev–Trinajstić information content (AvgIpc) is 2.53. The van der Waals surface area contributed by atoms with Crippen molar-refractivity contribution in [3.05, 3.63) is 64.1 Å². The number of hydrogen-bond donors (Lipinski definition) is 1. The maximum atomic E-state index is 12.1. The van der Waals surface area contributed by atoms with Crippen molar-refractivity contribution in [1.29, 1.82) is 0 Å². The van der Waals surface area contributed by atoms with Crippen LogP contribution < -0.4 is 10.2 Å². The zero-order chi connectivity index (χ0) is 16.8. The Balaban J connectivity index is 1.94. The minimum atomic E-state index is -0.135. The molecule has 2 rings (SSSR count). The van der Waals surface area contributed by atoms with Gasteiger partial charge in [-0.25, -0.2) is 0 Å². The topological polar surface area (TPSA) is 49.4 Å². The molecule has 0 aliphatic rings. The highest BCUT2D eigenvalue weighted by Crippen LogP contribution is 2.18. The molecule has 0 saturated heterocycles. The number of nitrogens with one attached hydrogen (secondary N) is 1. The smallest absolute Gasteiger partial charge is 0.251 e. The molecular formula is C18H19BrN2O2. The summed E-state index contributed by atoms with van der Waals surface area (Å²) in [5.74, 6) is -0.193. The summed E-state index contributed by atoms with van der Waals surface area (Å²) >= 11 is 3.37. The van der Waals surface area contributed by atoms with Gasteiger partial charge >= 0.3 is 0 Å². The highest BCUT2D eigenvalue weighted by Gasteiger charge is 2.12. The maximum Gasteiger partial charge on any atom is 0.251 e. The van der Waals surface area contributed by atoms with E-state index in [0.717, 1.165) is 15.7 Å². The third-order valence-electron chi connectivity index (χ3n) is 3.45. The second-order valence-corrected chi connectivity index (χ2v) is 6.18. The monoisotopic (exact) mass is 374 g/mol. The molecule has 0 radical (unpaired) electrons. The summed E-state index contributed by atoms with van der Waals surface area (Å²) in [6, 6.07) is 14.9. The Labute approximate surface area is 144 Å². The SMILES string of the molecule is CC(=O)N(CCNC(=O)c1ccc(C)cc1)c1ccc(Br)cc1. The summed E-state index contributed by atoms with van der Waals surface area (Å²) in [6.07, 6.45) is 0. The first-order valence-corrected chi connectivity index (χ1v) is 8.15. The van der Waals surface area contributed by atoms with Crippen molar-refractivity contribution in [2.45, 2.75) is 13.8 Å². The predicted molar refractivity (Wildman–Crippen MR) is 95.7 cm³/mol. The third-order valence-corrected chi connectivity index (χ3v) is 3.98. The molecule has 0 aliphatic carbocycles. The first kappa shape index (κ1) is 17.2. The molecule has 23 heavy (non-hydrogen) atoms. The number of carbonyl (C=O) groups is 2. The van der Waals surface area contributed by atoms with Crippen LogP contribution in [0.3, 0.4) is 0 Å². The summed E-state index contributed by atoms with van der Waals surface area (Å²) in [5, 5.41) is 2.84. The lowest BCUT2D eigenvalue weighted by molar-refractivity contribution is -0.116. The Bertz CT molecular complexity index is 681. The number of amides is 2. The van der Waals surface area contributed by atoms with Crippen LogP contribution in [0.4, 0.5) is 5.69 Å². The Morgan fingerprint density at radius 1 is 1.04 bits per heavy atom. The Morgan fingerprint density at radius 2 is 1.65 bits per heavy atom. The summed E-state index contributed by atoms with van der Waals surface area (Å²) in [4.78, 5) is 25.5. The van der Waals surface area contributed by atoms with Gasteiger partial charge in [-0.05, 0) is 43.3 Å². The van der Waals surface area contributed by atoms with Crippen LogP contribution in [0.1, 0.15) is 22.8 Å². The number of hydrogen-bond acceptors (Lipinski definition) is 2. The number of anilines is 1. The summed E-state index contributed by atoms with van der Waals surface area (Å²) < 4.78 is 0.956. The molecule has 2 amide bonds. The molecule has 0 aromatic heterocycles. The van der Waals surface area contributed by atoms with E-state index in [1.807, 2.05) is 43.3 Å². The van der Waals surface area contributed by atoms with Crippen molar-refractivity contribution in [1.82, 2.24) is 5.32 Å². The van der Waals surface area contributed by atoms with Gasteiger partial charge in [0.2, 0.25) is 5.91 Å². The molecule has 0 saturated carbocycles. The standard InChI is InChI=1S/C18H19BrN2O2/c1-13-3-5-15(6-4-13)18(23)20-11-12-21(14(2)22)17-9-7-16(19)8-10-17/h3-10H,11-12H2,1-2H3,(H,20,23). The molecule has 2 aromatic carbocycles. The molecule has 0 aliphatic heterocycles. The first-order valence-electron chi connectivity index (χ1n) is 7.36. The molecule has 0 fully saturated rings. The van der Waals surface area contributed by atoms with Crippen LogP contribution in [0.15, 0.2) is 53.0 Å². The van der Waals surface area contributed by atoms with E-state index < -0.39 is 0 Å². The minimum Gasteiger partial charge on any atom is -0.350 e. The van der Waals surface area contributed by atoms with Crippen molar-refractivity contribution in [3.8, 4) is 0 Å². The quantitative estimate of drug-likeness (QED) is 0.869. The third kappa shape index (κ3) is 4.93. The molecule has 5 heteroatoms. The van der Waals surface area contributed by atoms with Crippen LogP contribution in [0.2, 0.25) is 0 Å². The largest absolute Gasteiger partial charge is 0.350 e. The molecule has 0 spiro atoms. The summed E-state index contributed by atoms with van der Waals surface area (Å²) in [7, 11) is 0. The van der Waals surface area contributed by atoms with Crippen LogP contribution in [0.25, 0.3) is 0 Å². The Kier molecular flexibility index (Phi) is 5.93. The predicted octanol–water partition coefficient (Wildman–Crippen LogP) is 3.54. The molecule has 0 bridgehead atoms. The van der Waals surface area contributed by atoms with Crippen molar-refractivity contribution in [2.24, 2.45) is 0 Å². The molecule has 0 unspecified atom stereocenters. The van der Waals surface area contributed by atoms with Gasteiger partial charge in [-0.15, -0.1) is 0 Å². The fraction of sp³-hybridized carbons (Fsp3) is 0.222. The zero-order valence-corrected chi connectivity index (χ0v) is 14.8. The lowest BCUT2D eigenvalue weighted by Crippen LogP contribution is -2.37. The number of carbonyl (C=O) groups excluding carboxylic acids is 2. The van der Waals surface area contributed by atoms with Crippen molar-refractivity contribution < 1.29 is 9.59 Å². The number of aryl methyl sites for hydroxylation is 1. The van der Waals surface area contributed by atoms with Crippen molar-refractivity contribution >= 4 is 33.4 Å². The van der Waals surface area contributed by atoms with Gasteiger partial charge in [-0.1, -0.05) is 33.6 Å². The lowest BCUT2D eigenvalue weighted by atomic mass is 10.1. The second-order valence-electron chi connectivity index (χ2n) is 5.27. The lowest BCUT2D eigenvalue weighted by Gasteiger charge is -2.21. The normalized spacial score (nSPS) is 10.2. The van der Waals surface area contributed by atoms with Gasteiger partial charge in [-0.2, -0.15) is 0 Å². The second kappa shape index (κ2) is 7.92. The fourth-order valence-corrected chi connectivity index (χ4v) is 2.44. The van der Waals surface area contributed by atoms with E-state index >= 15 is 0 Å². The van der Waals surface area contributed by atoms with Gasteiger partial charge in [-0.3, -0.25) is 9.59 Å². The Morgan fingerprint density at radius 3 is 2.22 bits per heavy atom. The minimum absolute atomic E-state index is 0.0584. The highest BCUT2D eigenvalue weighted by atomic mass is 79.9. The molecule has 0 atom stereocenters. The molecule has 120 valence electrons. The van der Waals surface area contributed by atoms with E-state index in [-0.39, 0.29) is 11.8 Å². The van der Waals surface area contributed by atoms with E-state index in [0.29, 0.717) is 18.7 Å². The summed E-state index contributed by atoms with van der Waals surface area (Å²) in [5.41, 5.74) is 2.54. The maximum absolute atomic E-state index is 12.1. The molecule has 0 heterocycles. The fourth-order valence-electron chi connectivity index (χ4n) is 2.18. The molecule has 4 nitrogen and oxygen atoms in total. The van der Waals surface area contributed by atoms with Gasteiger partial charge < -0.3 is 10.2 Å². The van der Waals surface area contributed by atoms with E-state index in [9.17, 15) is 9.59 Å². The van der Waals surface area contributed by atoms with E-state index in [2.05, 4.69) is 21.2 Å². The van der Waals surface area contributed by atoms with Gasteiger partial charge in [0, 0.05) is 35.7 Å². The van der Waals surface area contributed by atoms with Crippen LogP contribution in [-0.4, -0.2) is 24.9 Å². The van der Waals surface area contributed by atoms with Crippen LogP contribution in [0, 0.1) is 6.92 Å². The van der Waals surface area contributed by atoms with E-state index in [4.69, 9.17) is 0 Å². The van der Waals surface area contributed by atoms with Crippen LogP contribution in [0.5, 0.6) is 0 Å². The number of halogens is 1. The Hall–Kier alpha value is -2.14. The van der Waals surface area contributed by atoms with Gasteiger partial charge in [0.15, 0.2) is 0 Å². The number of benzene rings is 2. The van der Waals surface area contributed by atoms with E-state index in [1.54, 1.807) is 17.0 Å². The average molecular weight is 375 g/mol. The van der Waals surface area contributed by atoms with Gasteiger partial charge in [0.25, 0.3) is 5.91 Å². The van der Waals surface area contributed by atoms with Gasteiger partial charge in [0.05, 0.1) is 0 Å². The molecular weight excluding hydrogens is 356 g/mol. The zero-order valence-electron chi connectivity index (χ0n) is 13.2. The first-order chi connectivity index (χ1) is 11.0. The van der Waals surface area contributed by atoms with Crippen molar-refractivity contribution in [3.63, 3.8) is 0 Å². The van der Waals surface area contributed by atoms with Gasteiger partial charge in [0.1, 0.15) is 0 Å². The number of nitrogens with zero attached hydrogens (tertiary/aromatic N) is 1. The molecule has 2 aromatic rings. The van der Waals surface area contributed by atoms with Crippen LogP contribution in [-0.2, 0) is 4.79 Å². The van der Waals surface area contributed by atoms with Crippen LogP contribution >= 0.6 is 15.9 Å². The summed E-state index contributed by atoms with van der Waals surface area (Å²) in [6.45, 7) is 4.31. The number of rotatable bonds is 5. The highest BCUT2D eigenvalue weighted by molar-refractivity contribution is 9.10. The van der Waals surface area contributed by atoms with Crippen molar-refractivity contribution in [2.75, 3.05) is 18.0 Å². The molecule has 1 N–H and O–H groups in total.